The first-order chi connectivity index (χ1) is 17.2. The first-order valence-electron chi connectivity index (χ1n) is 11.0. The molecule has 1 heterocycles. The number of hydrogen-bond acceptors (Lipinski definition) is 4. The average Bonchev–Trinajstić information content (AvgIpc) is 3.23. The molecule has 10 heteroatoms. The van der Waals surface area contributed by atoms with Crippen molar-refractivity contribution >= 4 is 69.6 Å². The van der Waals surface area contributed by atoms with E-state index in [1.54, 1.807) is 48.5 Å². The molecule has 0 N–H and O–H groups in total. The summed E-state index contributed by atoms with van der Waals surface area (Å²) in [6.45, 7) is 1.49. The van der Waals surface area contributed by atoms with E-state index in [0.29, 0.717) is 56.4 Å². The van der Waals surface area contributed by atoms with Crippen molar-refractivity contribution in [3.8, 4) is 0 Å². The SMILES string of the molecule is Clc1ccc(COCC2COC(OCc3ccc(Cl)cc3Cl)(OCc3ccc(Cl)cc3Cl)C2)c(Cl)c1. The molecule has 1 fully saturated rings. The molecule has 1 unspecified atom stereocenters. The maximum Gasteiger partial charge on any atom is 0.283 e. The van der Waals surface area contributed by atoms with Gasteiger partial charge in [-0.3, -0.25) is 0 Å². The second-order valence-corrected chi connectivity index (χ2v) is 10.9. The van der Waals surface area contributed by atoms with Crippen LogP contribution < -0.4 is 0 Å². The van der Waals surface area contributed by atoms with Gasteiger partial charge in [-0.05, 0) is 53.1 Å². The van der Waals surface area contributed by atoms with Gasteiger partial charge in [0, 0.05) is 42.5 Å². The Morgan fingerprint density at radius 1 is 0.667 bits per heavy atom. The number of rotatable bonds is 10. The lowest BCUT2D eigenvalue weighted by Gasteiger charge is -2.29. The standard InChI is InChI=1S/C26H22Cl6O4/c27-20-4-1-17(23(30)7-20)13-33-11-16-10-26(34-12-16,35-14-18-2-5-21(28)8-24(18)31)36-15-19-3-6-22(29)9-25(19)32/h1-9,16H,10-15H2. The summed E-state index contributed by atoms with van der Waals surface area (Å²) in [4.78, 5) is 0. The van der Waals surface area contributed by atoms with E-state index in [9.17, 15) is 0 Å². The van der Waals surface area contributed by atoms with E-state index in [1.807, 2.05) is 6.07 Å². The summed E-state index contributed by atoms with van der Waals surface area (Å²) in [5.74, 6) is -1.28. The molecule has 1 aliphatic rings. The highest BCUT2D eigenvalue weighted by molar-refractivity contribution is 6.36. The van der Waals surface area contributed by atoms with Crippen LogP contribution in [0.3, 0.4) is 0 Å². The Labute approximate surface area is 240 Å². The fourth-order valence-electron chi connectivity index (χ4n) is 3.69. The molecule has 3 aromatic carbocycles. The molecule has 1 saturated heterocycles. The topological polar surface area (TPSA) is 36.9 Å². The molecular weight excluding hydrogens is 589 g/mol. The van der Waals surface area contributed by atoms with E-state index >= 15 is 0 Å². The number of hydrogen-bond donors (Lipinski definition) is 0. The lowest BCUT2D eigenvalue weighted by Crippen LogP contribution is -2.35. The van der Waals surface area contributed by atoms with Crippen LogP contribution in [0.5, 0.6) is 0 Å². The predicted molar refractivity (Wildman–Crippen MR) is 145 cm³/mol. The van der Waals surface area contributed by atoms with Crippen LogP contribution in [0.15, 0.2) is 54.6 Å². The molecule has 0 saturated carbocycles. The molecular formula is C26H22Cl6O4. The van der Waals surface area contributed by atoms with Gasteiger partial charge in [0.1, 0.15) is 0 Å². The quantitative estimate of drug-likeness (QED) is 0.214. The van der Waals surface area contributed by atoms with Crippen LogP contribution in [-0.2, 0) is 38.8 Å². The highest BCUT2D eigenvalue weighted by atomic mass is 35.5. The second kappa shape index (κ2) is 12.9. The highest BCUT2D eigenvalue weighted by Crippen LogP contribution is 2.36. The minimum absolute atomic E-state index is 0.0254. The normalized spacial score (nSPS) is 17.0. The van der Waals surface area contributed by atoms with Crippen molar-refractivity contribution in [2.45, 2.75) is 32.2 Å². The van der Waals surface area contributed by atoms with Crippen molar-refractivity contribution in [3.05, 3.63) is 101 Å². The highest BCUT2D eigenvalue weighted by Gasteiger charge is 2.43. The van der Waals surface area contributed by atoms with Gasteiger partial charge < -0.3 is 18.9 Å². The smallest absolute Gasteiger partial charge is 0.283 e. The van der Waals surface area contributed by atoms with Crippen LogP contribution in [0.1, 0.15) is 23.1 Å². The minimum Gasteiger partial charge on any atom is -0.376 e. The van der Waals surface area contributed by atoms with E-state index in [4.69, 9.17) is 88.6 Å². The molecule has 36 heavy (non-hydrogen) atoms. The fourth-order valence-corrected chi connectivity index (χ4v) is 5.08. The summed E-state index contributed by atoms with van der Waals surface area (Å²) in [7, 11) is 0. The fraction of sp³-hybridized carbons (Fsp3) is 0.308. The van der Waals surface area contributed by atoms with Gasteiger partial charge in [0.15, 0.2) is 0 Å². The van der Waals surface area contributed by atoms with E-state index in [0.717, 1.165) is 16.7 Å². The molecule has 1 atom stereocenters. The third-order valence-corrected chi connectivity index (χ3v) is 7.39. The first-order valence-corrected chi connectivity index (χ1v) is 13.3. The van der Waals surface area contributed by atoms with Crippen molar-refractivity contribution in [2.75, 3.05) is 13.2 Å². The van der Waals surface area contributed by atoms with Gasteiger partial charge in [-0.2, -0.15) is 0 Å². The molecule has 0 spiro atoms. The zero-order valence-corrected chi connectivity index (χ0v) is 23.5. The van der Waals surface area contributed by atoms with Crippen LogP contribution in [0.2, 0.25) is 30.1 Å². The van der Waals surface area contributed by atoms with E-state index in [1.165, 1.54) is 0 Å². The third kappa shape index (κ3) is 7.64. The summed E-state index contributed by atoms with van der Waals surface area (Å²) in [5.41, 5.74) is 2.37. The molecule has 192 valence electrons. The van der Waals surface area contributed by atoms with Gasteiger partial charge >= 0.3 is 0 Å². The summed E-state index contributed by atoms with van der Waals surface area (Å²) >= 11 is 36.9. The van der Waals surface area contributed by atoms with Crippen LogP contribution in [0, 0.1) is 5.92 Å². The van der Waals surface area contributed by atoms with Crippen LogP contribution >= 0.6 is 69.6 Å². The molecule has 0 radical (unpaired) electrons. The Morgan fingerprint density at radius 2 is 1.11 bits per heavy atom. The zero-order chi connectivity index (χ0) is 25.7. The summed E-state index contributed by atoms with van der Waals surface area (Å²) in [6, 6.07) is 15.8. The van der Waals surface area contributed by atoms with Crippen molar-refractivity contribution in [1.29, 1.82) is 0 Å². The van der Waals surface area contributed by atoms with Crippen molar-refractivity contribution < 1.29 is 18.9 Å². The van der Waals surface area contributed by atoms with Gasteiger partial charge in [-0.15, -0.1) is 0 Å². The van der Waals surface area contributed by atoms with Crippen LogP contribution in [0.25, 0.3) is 0 Å². The minimum atomic E-state index is -1.31. The summed E-state index contributed by atoms with van der Waals surface area (Å²) < 4.78 is 24.3. The number of ether oxygens (including phenoxy) is 4. The van der Waals surface area contributed by atoms with Gasteiger partial charge in [-0.25, -0.2) is 0 Å². The molecule has 4 nitrogen and oxygen atoms in total. The average molecular weight is 611 g/mol. The van der Waals surface area contributed by atoms with Crippen molar-refractivity contribution in [3.63, 3.8) is 0 Å². The molecule has 3 aromatic rings. The molecule has 0 amide bonds. The maximum absolute atomic E-state index is 6.33. The molecule has 0 bridgehead atoms. The van der Waals surface area contributed by atoms with Crippen LogP contribution in [0.4, 0.5) is 0 Å². The maximum atomic E-state index is 6.33. The predicted octanol–water partition coefficient (Wildman–Crippen LogP) is 9.25. The van der Waals surface area contributed by atoms with E-state index < -0.39 is 5.97 Å². The molecule has 0 aromatic heterocycles. The van der Waals surface area contributed by atoms with E-state index in [2.05, 4.69) is 0 Å². The van der Waals surface area contributed by atoms with Crippen molar-refractivity contribution in [1.82, 2.24) is 0 Å². The lowest BCUT2D eigenvalue weighted by molar-refractivity contribution is -0.370. The molecule has 1 aliphatic heterocycles. The second-order valence-electron chi connectivity index (χ2n) is 8.36. The van der Waals surface area contributed by atoms with E-state index in [-0.39, 0.29) is 19.1 Å². The van der Waals surface area contributed by atoms with Gasteiger partial charge in [0.2, 0.25) is 0 Å². The zero-order valence-electron chi connectivity index (χ0n) is 18.9. The number of halogens is 6. The van der Waals surface area contributed by atoms with Crippen molar-refractivity contribution in [2.24, 2.45) is 5.92 Å². The molecule has 4 rings (SSSR count). The first kappa shape index (κ1) is 28.3. The van der Waals surface area contributed by atoms with Gasteiger partial charge in [0.25, 0.3) is 5.97 Å². The lowest BCUT2D eigenvalue weighted by atomic mass is 10.1. The Morgan fingerprint density at radius 3 is 1.56 bits per heavy atom. The third-order valence-electron chi connectivity index (χ3n) is 5.63. The molecule has 0 aliphatic carbocycles. The Balaban J connectivity index is 1.41. The Hall–Kier alpha value is -0.760. The Bertz CT molecular complexity index is 1150. The van der Waals surface area contributed by atoms with Gasteiger partial charge in [-0.1, -0.05) is 87.8 Å². The summed E-state index contributed by atoms with van der Waals surface area (Å²) in [5, 5.41) is 3.22. The largest absolute Gasteiger partial charge is 0.376 e. The summed E-state index contributed by atoms with van der Waals surface area (Å²) in [6.07, 6.45) is 0.442. The Kier molecular flexibility index (Phi) is 10.1. The number of benzene rings is 3. The van der Waals surface area contributed by atoms with Gasteiger partial charge in [0.05, 0.1) is 33.0 Å². The van der Waals surface area contributed by atoms with Crippen LogP contribution in [-0.4, -0.2) is 19.2 Å². The monoisotopic (exact) mass is 608 g/mol.